The molecule has 5 heteroatoms. The van der Waals surface area contributed by atoms with Gasteiger partial charge in [0.2, 0.25) is 0 Å². The SMILES string of the molecule is CC(C)(C#N)CCCOc1c(F)cccc1C(=O)O. The van der Waals surface area contributed by atoms with Gasteiger partial charge in [0.15, 0.2) is 11.6 Å². The Bertz CT molecular complexity index is 506. The standard InChI is InChI=1S/C14H16FNO3/c1-14(2,9-16)7-4-8-19-12-10(13(17)18)5-3-6-11(12)15/h3,5-6H,4,7-8H2,1-2H3,(H,17,18). The van der Waals surface area contributed by atoms with E-state index in [4.69, 9.17) is 15.1 Å². The van der Waals surface area contributed by atoms with Crippen molar-refractivity contribution in [2.24, 2.45) is 5.41 Å². The van der Waals surface area contributed by atoms with Crippen LogP contribution < -0.4 is 4.74 Å². The lowest BCUT2D eigenvalue weighted by Crippen LogP contribution is -2.11. The van der Waals surface area contributed by atoms with E-state index in [1.165, 1.54) is 12.1 Å². The van der Waals surface area contributed by atoms with Crippen molar-refractivity contribution in [1.82, 2.24) is 0 Å². The lowest BCUT2D eigenvalue weighted by Gasteiger charge is -2.15. The minimum atomic E-state index is -1.23. The zero-order valence-corrected chi connectivity index (χ0v) is 10.9. The second-order valence-corrected chi connectivity index (χ2v) is 4.87. The Morgan fingerprint density at radius 1 is 1.53 bits per heavy atom. The van der Waals surface area contributed by atoms with Gasteiger partial charge in [0, 0.05) is 0 Å². The maximum atomic E-state index is 13.5. The number of para-hydroxylation sites is 1. The fourth-order valence-corrected chi connectivity index (χ4v) is 1.57. The van der Waals surface area contributed by atoms with Crippen molar-refractivity contribution in [3.8, 4) is 11.8 Å². The highest BCUT2D eigenvalue weighted by atomic mass is 19.1. The van der Waals surface area contributed by atoms with Gasteiger partial charge in [-0.3, -0.25) is 0 Å². The molecule has 0 unspecified atom stereocenters. The van der Waals surface area contributed by atoms with Crippen molar-refractivity contribution >= 4 is 5.97 Å². The molecule has 0 heterocycles. The van der Waals surface area contributed by atoms with E-state index in [0.717, 1.165) is 6.07 Å². The first-order valence-corrected chi connectivity index (χ1v) is 5.93. The number of aromatic carboxylic acids is 1. The number of halogens is 1. The van der Waals surface area contributed by atoms with Crippen LogP contribution >= 0.6 is 0 Å². The van der Waals surface area contributed by atoms with Crippen molar-refractivity contribution in [1.29, 1.82) is 5.26 Å². The smallest absolute Gasteiger partial charge is 0.339 e. The zero-order chi connectivity index (χ0) is 14.5. The summed E-state index contributed by atoms with van der Waals surface area (Å²) in [5.41, 5.74) is -0.659. The van der Waals surface area contributed by atoms with E-state index in [-0.39, 0.29) is 17.9 Å². The van der Waals surface area contributed by atoms with Crippen molar-refractivity contribution < 1.29 is 19.0 Å². The Morgan fingerprint density at radius 3 is 2.79 bits per heavy atom. The molecule has 1 aromatic rings. The normalized spacial score (nSPS) is 10.8. The first-order chi connectivity index (χ1) is 8.87. The van der Waals surface area contributed by atoms with E-state index < -0.39 is 17.2 Å². The molecule has 102 valence electrons. The van der Waals surface area contributed by atoms with Crippen LogP contribution in [0.4, 0.5) is 4.39 Å². The topological polar surface area (TPSA) is 70.3 Å². The summed E-state index contributed by atoms with van der Waals surface area (Å²) < 4.78 is 18.7. The molecule has 1 aromatic carbocycles. The molecular weight excluding hydrogens is 249 g/mol. The maximum Gasteiger partial charge on any atom is 0.339 e. The van der Waals surface area contributed by atoms with Gasteiger partial charge in [-0.05, 0) is 38.8 Å². The molecule has 1 rings (SSSR count). The zero-order valence-electron chi connectivity index (χ0n) is 10.9. The molecule has 1 N–H and O–H groups in total. The van der Waals surface area contributed by atoms with Gasteiger partial charge in [-0.15, -0.1) is 0 Å². The molecule has 0 aliphatic carbocycles. The van der Waals surface area contributed by atoms with E-state index >= 15 is 0 Å². The average Bonchev–Trinajstić information content (AvgIpc) is 2.35. The summed E-state index contributed by atoms with van der Waals surface area (Å²) in [4.78, 5) is 10.9. The van der Waals surface area contributed by atoms with Crippen molar-refractivity contribution in [2.75, 3.05) is 6.61 Å². The predicted octanol–water partition coefficient (Wildman–Crippen LogP) is 3.23. The molecule has 0 saturated heterocycles. The summed E-state index contributed by atoms with van der Waals surface area (Å²) in [6.45, 7) is 3.78. The summed E-state index contributed by atoms with van der Waals surface area (Å²) in [7, 11) is 0. The van der Waals surface area contributed by atoms with Crippen molar-refractivity contribution in [3.05, 3.63) is 29.6 Å². The molecule has 0 saturated carbocycles. The number of ether oxygens (including phenoxy) is 1. The summed E-state index contributed by atoms with van der Waals surface area (Å²) in [5, 5.41) is 17.8. The third-order valence-corrected chi connectivity index (χ3v) is 2.69. The highest BCUT2D eigenvalue weighted by Gasteiger charge is 2.18. The van der Waals surface area contributed by atoms with Crippen LogP contribution in [0, 0.1) is 22.6 Å². The van der Waals surface area contributed by atoms with Gasteiger partial charge in [-0.2, -0.15) is 5.26 Å². The van der Waals surface area contributed by atoms with Crippen molar-refractivity contribution in [2.45, 2.75) is 26.7 Å². The van der Waals surface area contributed by atoms with Crippen LogP contribution in [0.3, 0.4) is 0 Å². The number of nitrogens with zero attached hydrogens (tertiary/aromatic N) is 1. The highest BCUT2D eigenvalue weighted by molar-refractivity contribution is 5.90. The molecule has 0 aromatic heterocycles. The van der Waals surface area contributed by atoms with Crippen LogP contribution in [0.1, 0.15) is 37.0 Å². The van der Waals surface area contributed by atoms with Crippen LogP contribution in [0.15, 0.2) is 18.2 Å². The minimum absolute atomic E-state index is 0.173. The highest BCUT2D eigenvalue weighted by Crippen LogP contribution is 2.24. The molecule has 0 amide bonds. The Morgan fingerprint density at radius 2 is 2.21 bits per heavy atom. The minimum Gasteiger partial charge on any atom is -0.490 e. The Hall–Kier alpha value is -2.09. The van der Waals surface area contributed by atoms with Crippen LogP contribution in [0.25, 0.3) is 0 Å². The summed E-state index contributed by atoms with van der Waals surface area (Å²) in [6, 6.07) is 5.93. The molecule has 0 aliphatic heterocycles. The lowest BCUT2D eigenvalue weighted by atomic mass is 9.90. The van der Waals surface area contributed by atoms with Gasteiger partial charge in [-0.25, -0.2) is 9.18 Å². The molecule has 19 heavy (non-hydrogen) atoms. The van der Waals surface area contributed by atoms with Gasteiger partial charge < -0.3 is 9.84 Å². The second-order valence-electron chi connectivity index (χ2n) is 4.87. The fourth-order valence-electron chi connectivity index (χ4n) is 1.57. The van der Waals surface area contributed by atoms with Gasteiger partial charge in [0.25, 0.3) is 0 Å². The average molecular weight is 265 g/mol. The number of hydrogen-bond donors (Lipinski definition) is 1. The number of carbonyl (C=O) groups is 1. The fraction of sp³-hybridized carbons (Fsp3) is 0.429. The number of nitriles is 1. The molecule has 0 bridgehead atoms. The van der Waals surface area contributed by atoms with Crippen LogP contribution in [-0.2, 0) is 0 Å². The quantitative estimate of drug-likeness (QED) is 0.801. The van der Waals surface area contributed by atoms with E-state index in [9.17, 15) is 9.18 Å². The van der Waals surface area contributed by atoms with Crippen LogP contribution in [-0.4, -0.2) is 17.7 Å². The third kappa shape index (κ3) is 4.25. The van der Waals surface area contributed by atoms with Gasteiger partial charge in [0.05, 0.1) is 18.1 Å². The number of carboxylic acid groups (broad SMARTS) is 1. The van der Waals surface area contributed by atoms with Gasteiger partial charge in [0.1, 0.15) is 5.56 Å². The molecule has 0 spiro atoms. The molecule has 0 fully saturated rings. The number of carboxylic acids is 1. The van der Waals surface area contributed by atoms with Crippen molar-refractivity contribution in [3.63, 3.8) is 0 Å². The summed E-state index contributed by atoms with van der Waals surface area (Å²) in [5.74, 6) is -2.17. The lowest BCUT2D eigenvalue weighted by molar-refractivity contribution is 0.0690. The largest absolute Gasteiger partial charge is 0.490 e. The number of rotatable bonds is 6. The third-order valence-electron chi connectivity index (χ3n) is 2.69. The van der Waals surface area contributed by atoms with Gasteiger partial charge in [-0.1, -0.05) is 6.07 Å². The summed E-state index contributed by atoms with van der Waals surface area (Å²) in [6.07, 6.45) is 1.15. The molecule has 4 nitrogen and oxygen atoms in total. The molecule has 0 radical (unpaired) electrons. The number of hydrogen-bond acceptors (Lipinski definition) is 3. The first kappa shape index (κ1) is 15.0. The predicted molar refractivity (Wildman–Crippen MR) is 67.5 cm³/mol. The van der Waals surface area contributed by atoms with E-state index in [1.54, 1.807) is 13.8 Å². The first-order valence-electron chi connectivity index (χ1n) is 5.93. The monoisotopic (exact) mass is 265 g/mol. The Balaban J connectivity index is 2.64. The number of benzene rings is 1. The van der Waals surface area contributed by atoms with E-state index in [0.29, 0.717) is 12.8 Å². The van der Waals surface area contributed by atoms with E-state index in [2.05, 4.69) is 6.07 Å². The van der Waals surface area contributed by atoms with E-state index in [1.807, 2.05) is 0 Å². The maximum absolute atomic E-state index is 13.5. The molecule has 0 aliphatic rings. The van der Waals surface area contributed by atoms with Gasteiger partial charge >= 0.3 is 5.97 Å². The Kier molecular flexibility index (Phi) is 4.87. The molecular formula is C14H16FNO3. The second kappa shape index (κ2) is 6.19. The molecule has 0 atom stereocenters. The Labute approximate surface area is 111 Å². The van der Waals surface area contributed by atoms with Crippen LogP contribution in [0.2, 0.25) is 0 Å². The van der Waals surface area contributed by atoms with Crippen LogP contribution in [0.5, 0.6) is 5.75 Å². The summed E-state index contributed by atoms with van der Waals surface area (Å²) >= 11 is 0.